The Morgan fingerprint density at radius 3 is 3.00 bits per heavy atom. The van der Waals surface area contributed by atoms with Gasteiger partial charge in [-0.3, -0.25) is 0 Å². The summed E-state index contributed by atoms with van der Waals surface area (Å²) in [4.78, 5) is 11.7. The lowest BCUT2D eigenvalue weighted by molar-refractivity contribution is 0.173. The Hall–Kier alpha value is -1.62. The Balaban J connectivity index is 1.68. The van der Waals surface area contributed by atoms with Crippen LogP contribution in [-0.4, -0.2) is 40.7 Å². The van der Waals surface area contributed by atoms with Gasteiger partial charge in [-0.1, -0.05) is 0 Å². The summed E-state index contributed by atoms with van der Waals surface area (Å²) in [5.74, 6) is 1.07. The maximum atomic E-state index is 4.65. The predicted molar refractivity (Wildman–Crippen MR) is 84.5 cm³/mol. The van der Waals surface area contributed by atoms with Gasteiger partial charge in [0.15, 0.2) is 5.82 Å². The minimum Gasteiger partial charge on any atom is -0.354 e. The Bertz CT molecular complexity index is 636. The number of hydrogen-bond donors (Lipinski definition) is 1. The van der Waals surface area contributed by atoms with Crippen molar-refractivity contribution in [1.29, 1.82) is 0 Å². The van der Waals surface area contributed by atoms with E-state index in [1.54, 1.807) is 0 Å². The molecule has 4 rings (SSSR count). The number of aromatic nitrogens is 3. The third-order valence-electron chi connectivity index (χ3n) is 5.15. The molecular weight excluding hydrogens is 262 g/mol. The molecule has 2 fully saturated rings. The number of rotatable bonds is 1. The lowest BCUT2D eigenvalue weighted by Crippen LogP contribution is -2.51. The first-order chi connectivity index (χ1) is 10.3. The molecule has 0 amide bonds. The van der Waals surface area contributed by atoms with Crippen molar-refractivity contribution in [2.24, 2.45) is 12.5 Å². The van der Waals surface area contributed by atoms with Crippen molar-refractivity contribution in [3.05, 3.63) is 18.6 Å². The molecule has 0 bridgehead atoms. The molecular formula is C16H23N5. The van der Waals surface area contributed by atoms with Crippen molar-refractivity contribution >= 4 is 16.9 Å². The van der Waals surface area contributed by atoms with Gasteiger partial charge in [0.05, 0.1) is 11.8 Å². The maximum Gasteiger partial charge on any atom is 0.156 e. The van der Waals surface area contributed by atoms with Crippen LogP contribution in [0.25, 0.3) is 11.0 Å². The van der Waals surface area contributed by atoms with E-state index in [1.807, 2.05) is 25.6 Å². The van der Waals surface area contributed by atoms with Crippen LogP contribution in [0.2, 0.25) is 0 Å². The fourth-order valence-electron chi connectivity index (χ4n) is 4.05. The highest BCUT2D eigenvalue weighted by Crippen LogP contribution is 2.38. The average molecular weight is 285 g/mol. The molecule has 0 aromatic carbocycles. The van der Waals surface area contributed by atoms with Crippen molar-refractivity contribution < 1.29 is 0 Å². The van der Waals surface area contributed by atoms with Crippen LogP contribution in [0.1, 0.15) is 25.7 Å². The van der Waals surface area contributed by atoms with E-state index in [2.05, 4.69) is 24.8 Å². The van der Waals surface area contributed by atoms with Crippen LogP contribution in [0.3, 0.4) is 0 Å². The predicted octanol–water partition coefficient (Wildman–Crippen LogP) is 1.94. The molecule has 21 heavy (non-hydrogen) atoms. The van der Waals surface area contributed by atoms with E-state index >= 15 is 0 Å². The summed E-state index contributed by atoms with van der Waals surface area (Å²) in [5.41, 5.74) is 2.65. The third kappa shape index (κ3) is 2.20. The number of fused-ring (bicyclic) bond motifs is 1. The number of pyridine rings is 1. The van der Waals surface area contributed by atoms with Crippen molar-refractivity contribution in [3.8, 4) is 0 Å². The number of hydrogen-bond acceptors (Lipinski definition) is 4. The summed E-state index contributed by atoms with van der Waals surface area (Å²) in [6, 6.07) is 2.05. The highest BCUT2D eigenvalue weighted by Gasteiger charge is 2.37. The van der Waals surface area contributed by atoms with Crippen LogP contribution in [0.4, 0.5) is 5.82 Å². The molecule has 1 spiro atoms. The fourth-order valence-corrected chi connectivity index (χ4v) is 4.05. The summed E-state index contributed by atoms with van der Waals surface area (Å²) >= 11 is 0. The van der Waals surface area contributed by atoms with Gasteiger partial charge in [0.1, 0.15) is 5.52 Å². The normalized spacial score (nSPS) is 26.6. The minimum atomic E-state index is 0.440. The van der Waals surface area contributed by atoms with Gasteiger partial charge in [0, 0.05) is 38.3 Å². The van der Waals surface area contributed by atoms with Gasteiger partial charge < -0.3 is 14.8 Å². The number of imidazole rings is 1. The standard InChI is InChI=1S/C16H23N5/c1-20-12-19-14-13(20)4-8-18-15(14)21-9-3-6-16(11-21)5-2-7-17-10-16/h4,8,12,17H,2-3,5-7,9-11H2,1H3. The lowest BCUT2D eigenvalue weighted by atomic mass is 9.74. The molecule has 112 valence electrons. The Kier molecular flexibility index (Phi) is 3.10. The van der Waals surface area contributed by atoms with E-state index in [4.69, 9.17) is 0 Å². The van der Waals surface area contributed by atoms with E-state index in [-0.39, 0.29) is 0 Å². The van der Waals surface area contributed by atoms with Crippen LogP contribution >= 0.6 is 0 Å². The summed E-state index contributed by atoms with van der Waals surface area (Å²) in [5, 5.41) is 3.59. The lowest BCUT2D eigenvalue weighted by Gasteiger charge is -2.45. The van der Waals surface area contributed by atoms with Crippen LogP contribution in [0, 0.1) is 5.41 Å². The largest absolute Gasteiger partial charge is 0.354 e. The molecule has 5 nitrogen and oxygen atoms in total. The van der Waals surface area contributed by atoms with Crippen molar-refractivity contribution in [1.82, 2.24) is 19.9 Å². The molecule has 2 aliphatic heterocycles. The van der Waals surface area contributed by atoms with E-state index < -0.39 is 0 Å². The Morgan fingerprint density at radius 2 is 2.14 bits per heavy atom. The first kappa shape index (κ1) is 13.1. The number of nitrogens with zero attached hydrogens (tertiary/aromatic N) is 4. The highest BCUT2D eigenvalue weighted by molar-refractivity contribution is 5.86. The smallest absolute Gasteiger partial charge is 0.156 e. The zero-order valence-electron chi connectivity index (χ0n) is 12.7. The molecule has 1 unspecified atom stereocenters. The maximum absolute atomic E-state index is 4.65. The van der Waals surface area contributed by atoms with E-state index in [9.17, 15) is 0 Å². The van der Waals surface area contributed by atoms with Crippen molar-refractivity contribution in [2.45, 2.75) is 25.7 Å². The first-order valence-corrected chi connectivity index (χ1v) is 7.99. The zero-order valence-corrected chi connectivity index (χ0v) is 12.7. The Morgan fingerprint density at radius 1 is 1.24 bits per heavy atom. The molecule has 2 aliphatic rings. The zero-order chi connectivity index (χ0) is 14.3. The molecule has 2 aromatic rings. The molecule has 5 heteroatoms. The monoisotopic (exact) mass is 285 g/mol. The third-order valence-corrected chi connectivity index (χ3v) is 5.15. The minimum absolute atomic E-state index is 0.440. The fraction of sp³-hybridized carbons (Fsp3) is 0.625. The van der Waals surface area contributed by atoms with E-state index in [0.717, 1.165) is 31.0 Å². The summed E-state index contributed by atoms with van der Waals surface area (Å²) < 4.78 is 2.07. The van der Waals surface area contributed by atoms with E-state index in [0.29, 0.717) is 5.41 Å². The molecule has 0 radical (unpaired) electrons. The highest BCUT2D eigenvalue weighted by atomic mass is 15.2. The van der Waals surface area contributed by atoms with Crippen LogP contribution in [-0.2, 0) is 7.05 Å². The molecule has 0 aliphatic carbocycles. The summed E-state index contributed by atoms with van der Waals surface area (Å²) in [6.07, 6.45) is 9.04. The summed E-state index contributed by atoms with van der Waals surface area (Å²) in [6.45, 7) is 4.55. The van der Waals surface area contributed by atoms with Gasteiger partial charge in [-0.2, -0.15) is 0 Å². The first-order valence-electron chi connectivity index (χ1n) is 7.99. The van der Waals surface area contributed by atoms with Crippen LogP contribution < -0.4 is 10.2 Å². The molecule has 2 aromatic heterocycles. The van der Waals surface area contributed by atoms with Gasteiger partial charge in [0.25, 0.3) is 0 Å². The second-order valence-corrected chi connectivity index (χ2v) is 6.66. The van der Waals surface area contributed by atoms with Crippen molar-refractivity contribution in [3.63, 3.8) is 0 Å². The van der Waals surface area contributed by atoms with Gasteiger partial charge in [0.2, 0.25) is 0 Å². The number of aryl methyl sites for hydroxylation is 1. The number of anilines is 1. The van der Waals surface area contributed by atoms with Gasteiger partial charge >= 0.3 is 0 Å². The van der Waals surface area contributed by atoms with Gasteiger partial charge in [-0.25, -0.2) is 9.97 Å². The Labute approximate surface area is 125 Å². The molecule has 2 saturated heterocycles. The average Bonchev–Trinajstić information content (AvgIpc) is 2.90. The molecule has 4 heterocycles. The van der Waals surface area contributed by atoms with Gasteiger partial charge in [-0.15, -0.1) is 0 Å². The van der Waals surface area contributed by atoms with Crippen LogP contribution in [0.5, 0.6) is 0 Å². The SMILES string of the molecule is Cn1cnc2c(N3CCCC4(CCCNC4)C3)nccc21. The quantitative estimate of drug-likeness (QED) is 0.870. The second-order valence-electron chi connectivity index (χ2n) is 6.66. The van der Waals surface area contributed by atoms with E-state index in [1.165, 1.54) is 37.7 Å². The second kappa shape index (κ2) is 4.98. The topological polar surface area (TPSA) is 46.0 Å². The number of piperidine rings is 2. The van der Waals surface area contributed by atoms with Crippen molar-refractivity contribution in [2.75, 3.05) is 31.1 Å². The molecule has 1 atom stereocenters. The summed E-state index contributed by atoms with van der Waals surface area (Å²) in [7, 11) is 2.04. The molecule has 1 N–H and O–H groups in total. The number of nitrogens with one attached hydrogen (secondary N) is 1. The van der Waals surface area contributed by atoms with Gasteiger partial charge in [-0.05, 0) is 38.3 Å². The van der Waals surface area contributed by atoms with Crippen LogP contribution in [0.15, 0.2) is 18.6 Å². The molecule has 0 saturated carbocycles.